The Kier molecular flexibility index (Phi) is 5.76. The smallest absolute Gasteiger partial charge is 0.254 e. The summed E-state index contributed by atoms with van der Waals surface area (Å²) < 4.78 is 7.32. The molecule has 0 bridgehead atoms. The topological polar surface area (TPSA) is 68.2 Å². The van der Waals surface area contributed by atoms with Crippen molar-refractivity contribution >= 4 is 24.0 Å². The zero-order chi connectivity index (χ0) is 15.5. The van der Waals surface area contributed by atoms with Crippen LogP contribution in [0.3, 0.4) is 0 Å². The fourth-order valence-electron chi connectivity index (χ4n) is 2.56. The summed E-state index contributed by atoms with van der Waals surface area (Å²) in [6.07, 6.45) is -0.439. The number of nitrogens with zero attached hydrogens (tertiary/aromatic N) is 2. The molecule has 0 spiro atoms. The standard InChI is InChI=1S/C16H20N4O2.ClH/c1-11-8-12(2)20(19-11)14-5-3-4-13(9-14)18-16(21)15-10-17-6-7-22-15;/h3-5,8-9,15,17H,6-7,10H2,1-2H3,(H,18,21);1H. The number of ether oxygens (including phenoxy) is 1. The highest BCUT2D eigenvalue weighted by molar-refractivity contribution is 5.94. The monoisotopic (exact) mass is 336 g/mol. The highest BCUT2D eigenvalue weighted by Crippen LogP contribution is 2.17. The number of rotatable bonds is 3. The zero-order valence-electron chi connectivity index (χ0n) is 13.2. The van der Waals surface area contributed by atoms with E-state index in [0.29, 0.717) is 13.2 Å². The molecule has 1 aromatic heterocycles. The van der Waals surface area contributed by atoms with Crippen molar-refractivity contribution in [2.75, 3.05) is 25.0 Å². The van der Waals surface area contributed by atoms with Crippen LogP contribution in [-0.4, -0.2) is 41.5 Å². The molecule has 0 saturated carbocycles. The van der Waals surface area contributed by atoms with E-state index >= 15 is 0 Å². The maximum absolute atomic E-state index is 12.2. The van der Waals surface area contributed by atoms with E-state index in [1.807, 2.05) is 48.9 Å². The normalized spacial score (nSPS) is 17.4. The minimum Gasteiger partial charge on any atom is -0.366 e. The van der Waals surface area contributed by atoms with E-state index in [-0.39, 0.29) is 18.3 Å². The summed E-state index contributed by atoms with van der Waals surface area (Å²) in [6, 6.07) is 9.67. The molecule has 2 N–H and O–H groups in total. The number of aromatic nitrogens is 2. The van der Waals surface area contributed by atoms with E-state index in [1.54, 1.807) is 0 Å². The van der Waals surface area contributed by atoms with Crippen molar-refractivity contribution in [3.8, 4) is 5.69 Å². The molecule has 0 aliphatic carbocycles. The summed E-state index contributed by atoms with van der Waals surface area (Å²) in [6.45, 7) is 5.86. The van der Waals surface area contributed by atoms with Crippen LogP contribution in [0.15, 0.2) is 30.3 Å². The molecule has 0 radical (unpaired) electrons. The lowest BCUT2D eigenvalue weighted by molar-refractivity contribution is -0.128. The van der Waals surface area contributed by atoms with E-state index in [0.717, 1.165) is 29.3 Å². The molecule has 1 aromatic carbocycles. The summed E-state index contributed by atoms with van der Waals surface area (Å²) in [5, 5.41) is 10.5. The molecule has 1 amide bonds. The molecule has 1 saturated heterocycles. The van der Waals surface area contributed by atoms with Gasteiger partial charge >= 0.3 is 0 Å². The summed E-state index contributed by atoms with van der Waals surface area (Å²) in [7, 11) is 0. The highest BCUT2D eigenvalue weighted by atomic mass is 35.5. The van der Waals surface area contributed by atoms with E-state index < -0.39 is 6.10 Å². The van der Waals surface area contributed by atoms with Crippen molar-refractivity contribution in [1.29, 1.82) is 0 Å². The second kappa shape index (κ2) is 7.59. The van der Waals surface area contributed by atoms with Crippen LogP contribution >= 0.6 is 12.4 Å². The van der Waals surface area contributed by atoms with Gasteiger partial charge < -0.3 is 15.4 Å². The minimum atomic E-state index is -0.439. The van der Waals surface area contributed by atoms with Gasteiger partial charge in [-0.05, 0) is 38.1 Å². The minimum absolute atomic E-state index is 0. The number of benzene rings is 1. The summed E-state index contributed by atoms with van der Waals surface area (Å²) in [5.41, 5.74) is 3.68. The number of amides is 1. The molecule has 1 atom stereocenters. The van der Waals surface area contributed by atoms with Crippen LogP contribution in [0.2, 0.25) is 0 Å². The summed E-state index contributed by atoms with van der Waals surface area (Å²) in [5.74, 6) is -0.127. The van der Waals surface area contributed by atoms with Crippen LogP contribution in [0.1, 0.15) is 11.4 Å². The molecule has 3 rings (SSSR count). The van der Waals surface area contributed by atoms with Gasteiger partial charge in [-0.2, -0.15) is 5.10 Å². The molecule has 23 heavy (non-hydrogen) atoms. The molecule has 1 unspecified atom stereocenters. The molecular weight excluding hydrogens is 316 g/mol. The molecule has 1 aliphatic rings. The van der Waals surface area contributed by atoms with Gasteiger partial charge in [-0.15, -0.1) is 12.4 Å². The van der Waals surface area contributed by atoms with Crippen molar-refractivity contribution < 1.29 is 9.53 Å². The lowest BCUT2D eigenvalue weighted by Gasteiger charge is -2.22. The van der Waals surface area contributed by atoms with Gasteiger partial charge in [0, 0.05) is 24.5 Å². The fraction of sp³-hybridized carbons (Fsp3) is 0.375. The van der Waals surface area contributed by atoms with Crippen molar-refractivity contribution in [1.82, 2.24) is 15.1 Å². The lowest BCUT2D eigenvalue weighted by Crippen LogP contribution is -2.45. The van der Waals surface area contributed by atoms with Gasteiger partial charge in [-0.25, -0.2) is 4.68 Å². The number of anilines is 1. The molecular formula is C16H21ClN4O2. The third-order valence-corrected chi connectivity index (χ3v) is 3.59. The Labute approximate surface area is 141 Å². The van der Waals surface area contributed by atoms with Gasteiger partial charge in [0.05, 0.1) is 18.0 Å². The van der Waals surface area contributed by atoms with Crippen molar-refractivity contribution in [3.05, 3.63) is 41.7 Å². The Bertz CT molecular complexity index is 680. The molecule has 6 nitrogen and oxygen atoms in total. The predicted octanol–water partition coefficient (Wildman–Crippen LogP) is 1.84. The fourth-order valence-corrected chi connectivity index (χ4v) is 2.56. The maximum Gasteiger partial charge on any atom is 0.254 e. The number of hydrogen-bond donors (Lipinski definition) is 2. The first-order valence-electron chi connectivity index (χ1n) is 7.40. The Morgan fingerprint density at radius 3 is 2.87 bits per heavy atom. The molecule has 1 aliphatic heterocycles. The van der Waals surface area contributed by atoms with Gasteiger partial charge in [0.2, 0.25) is 0 Å². The molecule has 124 valence electrons. The first kappa shape index (κ1) is 17.5. The molecule has 7 heteroatoms. The third-order valence-electron chi connectivity index (χ3n) is 3.59. The zero-order valence-corrected chi connectivity index (χ0v) is 14.0. The predicted molar refractivity (Wildman–Crippen MR) is 91.5 cm³/mol. The van der Waals surface area contributed by atoms with E-state index in [9.17, 15) is 4.79 Å². The second-order valence-electron chi connectivity index (χ2n) is 5.44. The van der Waals surface area contributed by atoms with Crippen molar-refractivity contribution in [2.24, 2.45) is 0 Å². The highest BCUT2D eigenvalue weighted by Gasteiger charge is 2.21. The van der Waals surface area contributed by atoms with E-state index in [4.69, 9.17) is 4.74 Å². The molecule has 2 heterocycles. The van der Waals surface area contributed by atoms with Crippen LogP contribution in [0.4, 0.5) is 5.69 Å². The Balaban J connectivity index is 0.00000192. The number of aryl methyl sites for hydroxylation is 2. The van der Waals surface area contributed by atoms with E-state index in [2.05, 4.69) is 15.7 Å². The van der Waals surface area contributed by atoms with Gasteiger partial charge in [0.1, 0.15) is 6.10 Å². The molecule has 2 aromatic rings. The number of halogens is 1. The van der Waals surface area contributed by atoms with Crippen LogP contribution in [0.5, 0.6) is 0 Å². The van der Waals surface area contributed by atoms with Crippen molar-refractivity contribution in [2.45, 2.75) is 20.0 Å². The van der Waals surface area contributed by atoms with Crippen LogP contribution in [-0.2, 0) is 9.53 Å². The average Bonchev–Trinajstić information content (AvgIpc) is 2.87. The van der Waals surface area contributed by atoms with Crippen LogP contribution in [0, 0.1) is 13.8 Å². The van der Waals surface area contributed by atoms with E-state index in [1.165, 1.54) is 0 Å². The Hall–Kier alpha value is -1.89. The number of carbonyl (C=O) groups excluding carboxylic acids is 1. The third kappa shape index (κ3) is 4.10. The van der Waals surface area contributed by atoms with Gasteiger partial charge in [0.15, 0.2) is 0 Å². The first-order valence-corrected chi connectivity index (χ1v) is 7.40. The quantitative estimate of drug-likeness (QED) is 0.897. The largest absolute Gasteiger partial charge is 0.366 e. The second-order valence-corrected chi connectivity index (χ2v) is 5.44. The van der Waals surface area contributed by atoms with Gasteiger partial charge in [-0.1, -0.05) is 6.07 Å². The van der Waals surface area contributed by atoms with Crippen LogP contribution < -0.4 is 10.6 Å². The Morgan fingerprint density at radius 1 is 1.39 bits per heavy atom. The summed E-state index contributed by atoms with van der Waals surface area (Å²) >= 11 is 0. The Morgan fingerprint density at radius 2 is 2.22 bits per heavy atom. The number of nitrogens with one attached hydrogen (secondary N) is 2. The number of carbonyl (C=O) groups is 1. The van der Waals surface area contributed by atoms with Gasteiger partial charge in [0.25, 0.3) is 5.91 Å². The first-order chi connectivity index (χ1) is 10.6. The lowest BCUT2D eigenvalue weighted by atomic mass is 10.2. The number of hydrogen-bond acceptors (Lipinski definition) is 4. The van der Waals surface area contributed by atoms with Crippen LogP contribution in [0.25, 0.3) is 5.69 Å². The molecule has 1 fully saturated rings. The van der Waals surface area contributed by atoms with Gasteiger partial charge in [-0.3, -0.25) is 4.79 Å². The summed E-state index contributed by atoms with van der Waals surface area (Å²) in [4.78, 5) is 12.2. The average molecular weight is 337 g/mol. The maximum atomic E-state index is 12.2. The SMILES string of the molecule is Cc1cc(C)n(-c2cccc(NC(=O)C3CNCCO3)c2)n1.Cl. The number of morpholine rings is 1. The van der Waals surface area contributed by atoms with Crippen molar-refractivity contribution in [3.63, 3.8) is 0 Å².